The zero-order valence-corrected chi connectivity index (χ0v) is 14.2. The van der Waals surface area contributed by atoms with E-state index in [1.54, 1.807) is 22.3 Å². The fourth-order valence-corrected chi connectivity index (χ4v) is 3.97. The number of likely N-dealkylation sites (N-methyl/N-ethyl adjacent to an activating group) is 1. The van der Waals surface area contributed by atoms with Gasteiger partial charge in [-0.2, -0.15) is 0 Å². The molecule has 22 heavy (non-hydrogen) atoms. The molecule has 0 bridgehead atoms. The molecule has 1 aromatic heterocycles. The van der Waals surface area contributed by atoms with Crippen LogP contribution in [-0.4, -0.2) is 22.5 Å². The molecule has 3 rings (SSSR count). The Bertz CT molecular complexity index is 753. The van der Waals surface area contributed by atoms with Crippen LogP contribution in [0.2, 0.25) is 5.02 Å². The second-order valence-electron chi connectivity index (χ2n) is 4.52. The van der Waals surface area contributed by atoms with E-state index in [1.807, 2.05) is 48.7 Å². The van der Waals surface area contributed by atoms with Crippen molar-refractivity contribution < 1.29 is 4.79 Å². The third kappa shape index (κ3) is 3.11. The number of amides is 1. The summed E-state index contributed by atoms with van der Waals surface area (Å²) in [6.45, 7) is 2.52. The van der Waals surface area contributed by atoms with Gasteiger partial charge in [0, 0.05) is 11.4 Å². The van der Waals surface area contributed by atoms with Gasteiger partial charge >= 0.3 is 0 Å². The largest absolute Gasteiger partial charge is 0.287 e. The first kappa shape index (κ1) is 15.3. The Morgan fingerprint density at radius 3 is 2.77 bits per heavy atom. The van der Waals surface area contributed by atoms with Crippen LogP contribution in [0.5, 0.6) is 0 Å². The van der Waals surface area contributed by atoms with E-state index in [4.69, 9.17) is 11.6 Å². The fourth-order valence-electron chi connectivity index (χ4n) is 2.02. The molecular weight excluding hydrogens is 336 g/mol. The van der Waals surface area contributed by atoms with Crippen molar-refractivity contribution in [3.8, 4) is 0 Å². The Morgan fingerprint density at radius 1 is 1.27 bits per heavy atom. The smallest absolute Gasteiger partial charge is 0.266 e. The van der Waals surface area contributed by atoms with Crippen molar-refractivity contribution >= 4 is 57.5 Å². The van der Waals surface area contributed by atoms with Crippen LogP contribution in [0.4, 0.5) is 5.69 Å². The summed E-state index contributed by atoms with van der Waals surface area (Å²) in [6.07, 6.45) is 1.91. The number of carbonyl (C=O) groups is 1. The van der Waals surface area contributed by atoms with Gasteiger partial charge in [-0.3, -0.25) is 9.69 Å². The number of para-hydroxylation sites is 1. The lowest BCUT2D eigenvalue weighted by molar-refractivity contribution is -0.122. The summed E-state index contributed by atoms with van der Waals surface area (Å²) in [7, 11) is 0. The third-order valence-electron chi connectivity index (χ3n) is 3.09. The molecule has 0 unspecified atom stereocenters. The van der Waals surface area contributed by atoms with Crippen molar-refractivity contribution in [3.05, 3.63) is 56.6 Å². The number of benzene rings is 1. The highest BCUT2D eigenvalue weighted by Crippen LogP contribution is 2.35. The van der Waals surface area contributed by atoms with Crippen molar-refractivity contribution in [2.75, 3.05) is 6.54 Å². The molecule has 0 N–H and O–H groups in total. The van der Waals surface area contributed by atoms with Crippen molar-refractivity contribution in [3.63, 3.8) is 0 Å². The highest BCUT2D eigenvalue weighted by Gasteiger charge is 2.32. The van der Waals surface area contributed by atoms with Gasteiger partial charge in [-0.25, -0.2) is 4.99 Å². The zero-order valence-electron chi connectivity index (χ0n) is 11.8. The van der Waals surface area contributed by atoms with E-state index in [0.717, 1.165) is 4.88 Å². The lowest BCUT2D eigenvalue weighted by atomic mass is 10.3. The second kappa shape index (κ2) is 6.69. The molecule has 6 heteroatoms. The van der Waals surface area contributed by atoms with Crippen LogP contribution < -0.4 is 0 Å². The molecule has 3 nitrogen and oxygen atoms in total. The summed E-state index contributed by atoms with van der Waals surface area (Å²) in [5, 5.41) is 3.24. The van der Waals surface area contributed by atoms with Crippen LogP contribution in [-0.2, 0) is 4.79 Å². The molecule has 1 saturated heterocycles. The average Bonchev–Trinajstić information content (AvgIpc) is 3.11. The molecule has 0 aliphatic carbocycles. The summed E-state index contributed by atoms with van der Waals surface area (Å²) >= 11 is 9.14. The summed E-state index contributed by atoms with van der Waals surface area (Å²) < 4.78 is 0. The standard InChI is InChI=1S/C16H13ClN2OS2/c1-2-19-15(20)14(10-11-6-5-9-21-11)22-16(19)18-13-8-4-3-7-12(13)17/h3-10H,2H2,1H3/b14-10+,18-16?. The van der Waals surface area contributed by atoms with Crippen molar-refractivity contribution in [1.82, 2.24) is 4.90 Å². The summed E-state index contributed by atoms with van der Waals surface area (Å²) in [5.41, 5.74) is 0.676. The van der Waals surface area contributed by atoms with Crippen molar-refractivity contribution in [1.29, 1.82) is 0 Å². The Kier molecular flexibility index (Phi) is 4.66. The number of nitrogens with zero attached hydrogens (tertiary/aromatic N) is 2. The Labute approximate surface area is 142 Å². The van der Waals surface area contributed by atoms with Gasteiger partial charge in [-0.15, -0.1) is 11.3 Å². The maximum absolute atomic E-state index is 12.5. The number of rotatable bonds is 3. The fraction of sp³-hybridized carbons (Fsp3) is 0.125. The molecule has 2 aromatic rings. The minimum atomic E-state index is -0.00768. The van der Waals surface area contributed by atoms with Gasteiger partial charge < -0.3 is 0 Å². The number of amidine groups is 1. The van der Waals surface area contributed by atoms with E-state index in [9.17, 15) is 4.79 Å². The Morgan fingerprint density at radius 2 is 2.09 bits per heavy atom. The van der Waals surface area contributed by atoms with E-state index >= 15 is 0 Å². The number of hydrogen-bond acceptors (Lipinski definition) is 4. The molecule has 1 aliphatic heterocycles. The lowest BCUT2D eigenvalue weighted by Crippen LogP contribution is -2.28. The maximum atomic E-state index is 12.5. The van der Waals surface area contributed by atoms with Gasteiger partial charge in [-0.1, -0.05) is 29.8 Å². The van der Waals surface area contributed by atoms with Crippen LogP contribution in [0.25, 0.3) is 6.08 Å². The van der Waals surface area contributed by atoms with Gasteiger partial charge in [-0.05, 0) is 48.3 Å². The molecule has 0 spiro atoms. The summed E-state index contributed by atoms with van der Waals surface area (Å²) in [5.74, 6) is -0.00768. The highest BCUT2D eigenvalue weighted by atomic mass is 35.5. The number of halogens is 1. The van der Waals surface area contributed by atoms with E-state index in [-0.39, 0.29) is 5.91 Å². The number of thioether (sulfide) groups is 1. The molecule has 0 saturated carbocycles. The van der Waals surface area contributed by atoms with Gasteiger partial charge in [0.25, 0.3) is 5.91 Å². The molecular formula is C16H13ClN2OS2. The van der Waals surface area contributed by atoms with Crippen LogP contribution in [0, 0.1) is 0 Å². The van der Waals surface area contributed by atoms with Crippen LogP contribution >= 0.6 is 34.7 Å². The van der Waals surface area contributed by atoms with Crippen LogP contribution in [0.1, 0.15) is 11.8 Å². The van der Waals surface area contributed by atoms with E-state index in [0.29, 0.717) is 27.3 Å². The quantitative estimate of drug-likeness (QED) is 0.729. The second-order valence-corrected chi connectivity index (χ2v) is 6.92. The SMILES string of the molecule is CCN1C(=O)/C(=C\c2cccs2)SC1=Nc1ccccc1Cl. The Hall–Kier alpha value is -1.56. The van der Waals surface area contributed by atoms with E-state index in [1.165, 1.54) is 11.8 Å². The molecule has 0 atom stereocenters. The number of carbonyl (C=O) groups excluding carboxylic acids is 1. The molecule has 1 fully saturated rings. The van der Waals surface area contributed by atoms with Gasteiger partial charge in [0.15, 0.2) is 5.17 Å². The molecule has 1 aliphatic rings. The first-order valence-corrected chi connectivity index (χ1v) is 8.84. The predicted octanol–water partition coefficient (Wildman–Crippen LogP) is 5.03. The van der Waals surface area contributed by atoms with Crippen molar-refractivity contribution in [2.45, 2.75) is 6.92 Å². The zero-order chi connectivity index (χ0) is 15.5. The molecule has 1 amide bonds. The normalized spacial score (nSPS) is 18.6. The monoisotopic (exact) mass is 348 g/mol. The number of hydrogen-bond donors (Lipinski definition) is 0. The molecule has 2 heterocycles. The van der Waals surface area contributed by atoms with Crippen LogP contribution in [0.3, 0.4) is 0 Å². The van der Waals surface area contributed by atoms with E-state index < -0.39 is 0 Å². The van der Waals surface area contributed by atoms with Crippen LogP contribution in [0.15, 0.2) is 51.7 Å². The minimum Gasteiger partial charge on any atom is -0.287 e. The molecule has 112 valence electrons. The first-order valence-electron chi connectivity index (χ1n) is 6.77. The first-order chi connectivity index (χ1) is 10.7. The van der Waals surface area contributed by atoms with Gasteiger partial charge in [0.2, 0.25) is 0 Å². The topological polar surface area (TPSA) is 32.7 Å². The minimum absolute atomic E-state index is 0.00768. The van der Waals surface area contributed by atoms with Gasteiger partial charge in [0.1, 0.15) is 0 Å². The Balaban J connectivity index is 1.95. The van der Waals surface area contributed by atoms with Crippen molar-refractivity contribution in [2.24, 2.45) is 4.99 Å². The average molecular weight is 349 g/mol. The van der Waals surface area contributed by atoms with E-state index in [2.05, 4.69) is 4.99 Å². The summed E-state index contributed by atoms with van der Waals surface area (Å²) in [6, 6.07) is 11.3. The lowest BCUT2D eigenvalue weighted by Gasteiger charge is -2.12. The van der Waals surface area contributed by atoms with Gasteiger partial charge in [0.05, 0.1) is 15.6 Å². The maximum Gasteiger partial charge on any atom is 0.266 e. The number of thiophene rings is 1. The third-order valence-corrected chi connectivity index (χ3v) is 5.23. The number of aliphatic imine (C=N–C) groups is 1. The highest BCUT2D eigenvalue weighted by molar-refractivity contribution is 8.18. The summed E-state index contributed by atoms with van der Waals surface area (Å²) in [4.78, 5) is 20.5. The molecule has 1 aromatic carbocycles. The molecule has 0 radical (unpaired) electrons. The predicted molar refractivity (Wildman–Crippen MR) is 95.8 cm³/mol.